The molecule has 144 valence electrons. The van der Waals surface area contributed by atoms with Crippen molar-refractivity contribution in [1.82, 2.24) is 5.32 Å². The number of benzene rings is 2. The second-order valence-corrected chi connectivity index (χ2v) is 7.37. The zero-order chi connectivity index (χ0) is 19.9. The Kier molecular flexibility index (Phi) is 6.78. The number of hydrogen-bond acceptors (Lipinski definition) is 6. The van der Waals surface area contributed by atoms with Crippen molar-refractivity contribution in [1.29, 1.82) is 0 Å². The standard InChI is InChI=1S/C18H20N2O6S/c1-25-16-9-8-14(10-15(16)20-27(2,23)24)18(22)19-11-17(21)26-12-13-6-4-3-5-7-13/h3-10,20H,11-12H2,1-2H3,(H,19,22). The molecule has 0 unspecified atom stereocenters. The van der Waals surface area contributed by atoms with Crippen molar-refractivity contribution in [2.45, 2.75) is 6.61 Å². The molecule has 2 N–H and O–H groups in total. The lowest BCUT2D eigenvalue weighted by molar-refractivity contribution is -0.143. The quantitative estimate of drug-likeness (QED) is 0.660. The first kappa shape index (κ1) is 20.2. The molecule has 0 fully saturated rings. The fourth-order valence-electron chi connectivity index (χ4n) is 2.17. The van der Waals surface area contributed by atoms with Crippen LogP contribution < -0.4 is 14.8 Å². The molecule has 0 aliphatic carbocycles. The average molecular weight is 392 g/mol. The molecular formula is C18H20N2O6S. The third kappa shape index (κ3) is 6.63. The molecule has 2 aromatic rings. The molecule has 0 atom stereocenters. The van der Waals surface area contributed by atoms with Gasteiger partial charge in [0.25, 0.3) is 5.91 Å². The number of nitrogens with one attached hydrogen (secondary N) is 2. The van der Waals surface area contributed by atoms with E-state index >= 15 is 0 Å². The predicted octanol–water partition coefficient (Wildman–Crippen LogP) is 1.54. The lowest BCUT2D eigenvalue weighted by Crippen LogP contribution is -2.30. The summed E-state index contributed by atoms with van der Waals surface area (Å²) in [5.41, 5.74) is 1.13. The molecule has 0 spiro atoms. The number of amides is 1. The molecule has 0 bridgehead atoms. The number of sulfonamides is 1. The number of ether oxygens (including phenoxy) is 2. The summed E-state index contributed by atoms with van der Waals surface area (Å²) < 4.78 is 35.3. The van der Waals surface area contributed by atoms with Gasteiger partial charge in [0.15, 0.2) is 0 Å². The lowest BCUT2D eigenvalue weighted by atomic mass is 10.2. The first-order valence-corrected chi connectivity index (χ1v) is 9.81. The third-order valence-electron chi connectivity index (χ3n) is 3.39. The minimum atomic E-state index is -3.55. The van der Waals surface area contributed by atoms with E-state index in [2.05, 4.69) is 10.0 Å². The van der Waals surface area contributed by atoms with Gasteiger partial charge < -0.3 is 14.8 Å². The van der Waals surface area contributed by atoms with Gasteiger partial charge in [-0.15, -0.1) is 0 Å². The molecule has 0 saturated heterocycles. The van der Waals surface area contributed by atoms with Crippen LogP contribution in [0.25, 0.3) is 0 Å². The monoisotopic (exact) mass is 392 g/mol. The van der Waals surface area contributed by atoms with Crippen molar-refractivity contribution < 1.29 is 27.5 Å². The van der Waals surface area contributed by atoms with Crippen LogP contribution in [0.5, 0.6) is 5.75 Å². The highest BCUT2D eigenvalue weighted by Crippen LogP contribution is 2.26. The van der Waals surface area contributed by atoms with Gasteiger partial charge in [-0.2, -0.15) is 0 Å². The summed E-state index contributed by atoms with van der Waals surface area (Å²) in [6.45, 7) is -0.201. The second-order valence-electron chi connectivity index (χ2n) is 5.62. The van der Waals surface area contributed by atoms with E-state index in [9.17, 15) is 18.0 Å². The highest BCUT2D eigenvalue weighted by atomic mass is 32.2. The van der Waals surface area contributed by atoms with Gasteiger partial charge in [0, 0.05) is 5.56 Å². The van der Waals surface area contributed by atoms with Crippen molar-refractivity contribution in [3.63, 3.8) is 0 Å². The predicted molar refractivity (Wildman–Crippen MR) is 100 cm³/mol. The van der Waals surface area contributed by atoms with Gasteiger partial charge in [-0.05, 0) is 23.8 Å². The van der Waals surface area contributed by atoms with Crippen LogP contribution in [0.4, 0.5) is 5.69 Å². The van der Waals surface area contributed by atoms with E-state index in [0.717, 1.165) is 11.8 Å². The molecule has 8 nitrogen and oxygen atoms in total. The van der Waals surface area contributed by atoms with E-state index in [1.54, 1.807) is 0 Å². The Morgan fingerprint density at radius 3 is 2.41 bits per heavy atom. The number of methoxy groups -OCH3 is 1. The Balaban J connectivity index is 1.95. The topological polar surface area (TPSA) is 111 Å². The molecule has 1 amide bonds. The Labute approximate surface area is 157 Å². The Morgan fingerprint density at radius 1 is 1.07 bits per heavy atom. The molecular weight excluding hydrogens is 372 g/mol. The van der Waals surface area contributed by atoms with Gasteiger partial charge in [0.1, 0.15) is 18.9 Å². The summed E-state index contributed by atoms with van der Waals surface area (Å²) in [5.74, 6) is -0.875. The van der Waals surface area contributed by atoms with Crippen molar-refractivity contribution in [3.05, 3.63) is 59.7 Å². The van der Waals surface area contributed by atoms with Crippen molar-refractivity contribution in [2.75, 3.05) is 24.6 Å². The van der Waals surface area contributed by atoms with Crippen molar-refractivity contribution in [2.24, 2.45) is 0 Å². The van der Waals surface area contributed by atoms with Gasteiger partial charge in [-0.25, -0.2) is 8.42 Å². The number of esters is 1. The second kappa shape index (κ2) is 9.04. The molecule has 0 heterocycles. The minimum absolute atomic E-state index is 0.112. The average Bonchev–Trinajstić information content (AvgIpc) is 2.64. The largest absolute Gasteiger partial charge is 0.495 e. The molecule has 9 heteroatoms. The van der Waals surface area contributed by atoms with E-state index in [0.29, 0.717) is 0 Å². The maximum absolute atomic E-state index is 12.2. The molecule has 0 aliphatic rings. The minimum Gasteiger partial charge on any atom is -0.495 e. The van der Waals surface area contributed by atoms with Gasteiger partial charge in [-0.3, -0.25) is 14.3 Å². The highest BCUT2D eigenvalue weighted by molar-refractivity contribution is 7.92. The summed E-state index contributed by atoms with van der Waals surface area (Å²) in [4.78, 5) is 24.0. The molecule has 0 aliphatic heterocycles. The maximum atomic E-state index is 12.2. The normalized spacial score (nSPS) is 10.7. The van der Waals surface area contributed by atoms with Crippen LogP contribution in [-0.4, -0.2) is 40.2 Å². The fourth-order valence-corrected chi connectivity index (χ4v) is 2.73. The first-order valence-electron chi connectivity index (χ1n) is 7.92. The highest BCUT2D eigenvalue weighted by Gasteiger charge is 2.14. The SMILES string of the molecule is COc1ccc(C(=O)NCC(=O)OCc2ccccc2)cc1NS(C)(=O)=O. The number of carbonyl (C=O) groups excluding carboxylic acids is 2. The summed E-state index contributed by atoms with van der Waals surface area (Å²) >= 11 is 0. The van der Waals surface area contributed by atoms with E-state index < -0.39 is 21.9 Å². The molecule has 2 aromatic carbocycles. The lowest BCUT2D eigenvalue weighted by Gasteiger charge is -2.12. The van der Waals surface area contributed by atoms with Gasteiger partial charge in [0.2, 0.25) is 10.0 Å². The van der Waals surface area contributed by atoms with Crippen LogP contribution >= 0.6 is 0 Å². The Bertz CT molecular complexity index is 913. The third-order valence-corrected chi connectivity index (χ3v) is 3.98. The van der Waals surface area contributed by atoms with Crippen LogP contribution in [0.3, 0.4) is 0 Å². The molecule has 2 rings (SSSR count). The molecule has 27 heavy (non-hydrogen) atoms. The van der Waals surface area contributed by atoms with E-state index in [4.69, 9.17) is 9.47 Å². The smallest absolute Gasteiger partial charge is 0.325 e. The zero-order valence-corrected chi connectivity index (χ0v) is 15.7. The summed E-state index contributed by atoms with van der Waals surface area (Å²) in [5, 5.41) is 2.43. The van der Waals surface area contributed by atoms with E-state index in [1.807, 2.05) is 30.3 Å². The van der Waals surface area contributed by atoms with Crippen LogP contribution in [0.15, 0.2) is 48.5 Å². The molecule has 0 saturated carbocycles. The number of rotatable bonds is 8. The maximum Gasteiger partial charge on any atom is 0.325 e. The Hall–Kier alpha value is -3.07. The van der Waals surface area contributed by atoms with E-state index in [-0.39, 0.29) is 30.2 Å². The number of anilines is 1. The van der Waals surface area contributed by atoms with Crippen molar-refractivity contribution >= 4 is 27.6 Å². The summed E-state index contributed by atoms with van der Waals surface area (Å²) in [6, 6.07) is 13.4. The number of hydrogen-bond donors (Lipinski definition) is 2. The van der Waals surface area contributed by atoms with Crippen LogP contribution in [0.1, 0.15) is 15.9 Å². The zero-order valence-electron chi connectivity index (χ0n) is 14.9. The molecule has 0 radical (unpaired) electrons. The molecule has 0 aromatic heterocycles. The van der Waals surface area contributed by atoms with Gasteiger partial charge in [0.05, 0.1) is 19.1 Å². The number of carbonyl (C=O) groups is 2. The van der Waals surface area contributed by atoms with Crippen LogP contribution in [0.2, 0.25) is 0 Å². The van der Waals surface area contributed by atoms with E-state index in [1.165, 1.54) is 25.3 Å². The summed E-state index contributed by atoms with van der Waals surface area (Å²) in [6.07, 6.45) is 0.988. The summed E-state index contributed by atoms with van der Waals surface area (Å²) in [7, 11) is -2.17. The van der Waals surface area contributed by atoms with Crippen LogP contribution in [0, 0.1) is 0 Å². The van der Waals surface area contributed by atoms with Gasteiger partial charge >= 0.3 is 5.97 Å². The first-order chi connectivity index (χ1) is 12.8. The van der Waals surface area contributed by atoms with Crippen molar-refractivity contribution in [3.8, 4) is 5.75 Å². The Morgan fingerprint density at radius 2 is 1.78 bits per heavy atom. The van der Waals surface area contributed by atoms with Gasteiger partial charge in [-0.1, -0.05) is 30.3 Å². The van der Waals surface area contributed by atoms with Crippen LogP contribution in [-0.2, 0) is 26.2 Å². The fraction of sp³-hybridized carbons (Fsp3) is 0.222.